The van der Waals surface area contributed by atoms with Crippen molar-refractivity contribution in [3.63, 3.8) is 0 Å². The van der Waals surface area contributed by atoms with Gasteiger partial charge in [0.2, 0.25) is 5.82 Å². The van der Waals surface area contributed by atoms with Gasteiger partial charge in [-0.05, 0) is 106 Å². The maximum Gasteiger partial charge on any atom is 0.252 e. The molecule has 9 heteroatoms. The molecule has 0 radical (unpaired) electrons. The van der Waals surface area contributed by atoms with E-state index in [-0.39, 0.29) is 19.2 Å². The van der Waals surface area contributed by atoms with Crippen LogP contribution in [0, 0.1) is 11.3 Å². The summed E-state index contributed by atoms with van der Waals surface area (Å²) in [6.45, 7) is -0.0301. The van der Waals surface area contributed by atoms with Crippen LogP contribution in [0.15, 0.2) is 200 Å². The number of nitriles is 1. The van der Waals surface area contributed by atoms with Gasteiger partial charge in [0, 0.05) is 62.9 Å². The molecule has 0 fully saturated rings. The Morgan fingerprint density at radius 3 is 1.02 bits per heavy atom. The van der Waals surface area contributed by atoms with E-state index in [1.54, 1.807) is 0 Å². The molecule has 286 valence electrons. The molecule has 4 aliphatic rings. The number of hydrogen-bond donors (Lipinski definition) is 0. The Kier molecular flexibility index (Phi) is 7.42. The van der Waals surface area contributed by atoms with E-state index in [0.29, 0.717) is 11.6 Å². The summed E-state index contributed by atoms with van der Waals surface area (Å²) >= 11 is 0. The van der Waals surface area contributed by atoms with Crippen LogP contribution in [0.2, 0.25) is 0 Å². The lowest BCUT2D eigenvalue weighted by Gasteiger charge is -2.44. The number of para-hydroxylation sites is 6. The Bertz CT molecular complexity index is 3120. The first-order chi connectivity index (χ1) is 30.8. The molecule has 0 saturated heterocycles. The first-order valence-corrected chi connectivity index (χ1v) is 21.0. The third kappa shape index (κ3) is 4.83. The maximum absolute atomic E-state index is 10.7. The SMILES string of the molecule is N#Cc1nc(N2c3ccccc3B3c4ccccc4N(c4ccccc4)c4cccc2c43)cc(N2c3ccccc3B3c4ccccc4N(c4ccccc4)c4cccc2c43)n1. The second kappa shape index (κ2) is 13.3. The summed E-state index contributed by atoms with van der Waals surface area (Å²) < 4.78 is 0. The first kappa shape index (κ1) is 34.5. The lowest BCUT2D eigenvalue weighted by atomic mass is 9.33. The van der Waals surface area contributed by atoms with Crippen molar-refractivity contribution in [1.29, 1.82) is 5.26 Å². The third-order valence-corrected chi connectivity index (χ3v) is 12.9. The predicted molar refractivity (Wildman–Crippen MR) is 255 cm³/mol. The third-order valence-electron chi connectivity index (χ3n) is 12.9. The second-order valence-corrected chi connectivity index (χ2v) is 16.1. The van der Waals surface area contributed by atoms with Crippen LogP contribution in [0.1, 0.15) is 5.82 Å². The fourth-order valence-electron chi connectivity index (χ4n) is 10.6. The highest BCUT2D eigenvalue weighted by Gasteiger charge is 2.45. The number of rotatable bonds is 4. The Morgan fingerprint density at radius 2 is 0.645 bits per heavy atom. The number of benzene rings is 8. The summed E-state index contributed by atoms with van der Waals surface area (Å²) in [6.07, 6.45) is 0. The fraction of sp³-hybridized carbons (Fsp3) is 0. The lowest BCUT2D eigenvalue weighted by Crippen LogP contribution is -2.61. The highest BCUT2D eigenvalue weighted by atomic mass is 15.3. The van der Waals surface area contributed by atoms with Gasteiger partial charge in [0.05, 0.1) is 0 Å². The van der Waals surface area contributed by atoms with Gasteiger partial charge in [-0.15, -0.1) is 0 Å². The fourth-order valence-corrected chi connectivity index (χ4v) is 10.6. The van der Waals surface area contributed by atoms with Crippen molar-refractivity contribution in [2.24, 2.45) is 0 Å². The van der Waals surface area contributed by atoms with Crippen molar-refractivity contribution in [3.8, 4) is 6.07 Å². The van der Waals surface area contributed by atoms with E-state index in [4.69, 9.17) is 9.97 Å². The van der Waals surface area contributed by atoms with Crippen molar-refractivity contribution in [1.82, 2.24) is 9.97 Å². The molecule has 0 spiro atoms. The van der Waals surface area contributed by atoms with Crippen LogP contribution >= 0.6 is 0 Å². The van der Waals surface area contributed by atoms with Gasteiger partial charge in [0.25, 0.3) is 13.4 Å². The first-order valence-electron chi connectivity index (χ1n) is 21.0. The van der Waals surface area contributed by atoms with Gasteiger partial charge >= 0.3 is 0 Å². The van der Waals surface area contributed by atoms with Crippen LogP contribution in [0.3, 0.4) is 0 Å². The summed E-state index contributed by atoms with van der Waals surface area (Å²) in [5, 5.41) is 10.7. The molecule has 0 bridgehead atoms. The summed E-state index contributed by atoms with van der Waals surface area (Å²) in [4.78, 5) is 19.3. The lowest BCUT2D eigenvalue weighted by molar-refractivity contribution is 1.05. The van der Waals surface area contributed by atoms with E-state index in [9.17, 15) is 5.26 Å². The second-order valence-electron chi connectivity index (χ2n) is 16.1. The minimum absolute atomic E-state index is 0.0151. The smallest absolute Gasteiger partial charge is 0.252 e. The Labute approximate surface area is 360 Å². The van der Waals surface area contributed by atoms with Gasteiger partial charge in [0.1, 0.15) is 17.7 Å². The molecule has 0 unspecified atom stereocenters. The molecule has 0 N–H and O–H groups in total. The standard InChI is InChI=1S/C53H33B2N7/c56-34-49-57-50(61-43-27-13-9-23-39(43)54-37-21-7-11-25-41(37)59(35-17-3-1-4-18-35)45-29-15-31-47(61)52(45)54)33-51(58-49)62-44-28-14-10-24-40(44)55-38-22-8-12-26-42(38)60(36-19-5-2-6-20-36)46-30-16-32-48(62)53(46)55/h1-33H. The van der Waals surface area contributed by atoms with Gasteiger partial charge in [-0.3, -0.25) is 9.80 Å². The average molecular weight is 790 g/mol. The zero-order valence-corrected chi connectivity index (χ0v) is 33.3. The summed E-state index contributed by atoms with van der Waals surface area (Å²) in [5.41, 5.74) is 18.0. The van der Waals surface area contributed by atoms with Crippen molar-refractivity contribution < 1.29 is 0 Å². The number of fused-ring (bicyclic) bond motifs is 8. The minimum atomic E-state index is -0.0151. The van der Waals surface area contributed by atoms with Crippen LogP contribution in [-0.2, 0) is 0 Å². The van der Waals surface area contributed by atoms with E-state index in [1.807, 2.05) is 0 Å². The Hall–Kier alpha value is -8.34. The molecule has 5 heterocycles. The van der Waals surface area contributed by atoms with Crippen molar-refractivity contribution >= 4 is 115 Å². The average Bonchev–Trinajstić information content (AvgIpc) is 3.34. The molecule has 8 aromatic carbocycles. The number of anilines is 12. The highest BCUT2D eigenvalue weighted by molar-refractivity contribution is 7.01. The molecule has 4 aliphatic heterocycles. The molecule has 1 aromatic heterocycles. The Balaban J connectivity index is 1.04. The van der Waals surface area contributed by atoms with E-state index in [0.717, 1.165) is 56.9 Å². The monoisotopic (exact) mass is 789 g/mol. The topological polar surface area (TPSA) is 62.5 Å². The van der Waals surface area contributed by atoms with Crippen LogP contribution in [-0.4, -0.2) is 23.4 Å². The number of aromatic nitrogens is 2. The molecule has 0 amide bonds. The zero-order chi connectivity index (χ0) is 40.9. The van der Waals surface area contributed by atoms with Crippen LogP contribution < -0.4 is 52.4 Å². The molecular formula is C53H33B2N7. The number of nitrogens with zero attached hydrogens (tertiary/aromatic N) is 7. The summed E-state index contributed by atoms with van der Waals surface area (Å²) in [5.74, 6) is 1.34. The van der Waals surface area contributed by atoms with Crippen molar-refractivity contribution in [2.45, 2.75) is 0 Å². The van der Waals surface area contributed by atoms with E-state index in [2.05, 4.69) is 226 Å². The summed E-state index contributed by atoms with van der Waals surface area (Å²) in [6, 6.07) is 73.5. The van der Waals surface area contributed by atoms with Crippen LogP contribution in [0.5, 0.6) is 0 Å². The van der Waals surface area contributed by atoms with Gasteiger partial charge in [-0.2, -0.15) is 5.26 Å². The summed E-state index contributed by atoms with van der Waals surface area (Å²) in [7, 11) is 0. The van der Waals surface area contributed by atoms with Gasteiger partial charge in [0.15, 0.2) is 0 Å². The van der Waals surface area contributed by atoms with Crippen LogP contribution in [0.4, 0.5) is 68.5 Å². The maximum atomic E-state index is 10.7. The molecule has 0 aliphatic carbocycles. The molecule has 0 saturated carbocycles. The van der Waals surface area contributed by atoms with E-state index < -0.39 is 0 Å². The zero-order valence-electron chi connectivity index (χ0n) is 33.3. The van der Waals surface area contributed by atoms with E-state index in [1.165, 1.54) is 32.8 Å². The number of hydrogen-bond acceptors (Lipinski definition) is 7. The molecular weight excluding hydrogens is 756 g/mol. The minimum Gasteiger partial charge on any atom is -0.311 e. The Morgan fingerprint density at radius 1 is 0.339 bits per heavy atom. The van der Waals surface area contributed by atoms with Crippen molar-refractivity contribution in [3.05, 3.63) is 206 Å². The molecule has 7 nitrogen and oxygen atoms in total. The van der Waals surface area contributed by atoms with Crippen LogP contribution in [0.25, 0.3) is 0 Å². The quantitative estimate of drug-likeness (QED) is 0.166. The molecule has 62 heavy (non-hydrogen) atoms. The molecule has 0 atom stereocenters. The van der Waals surface area contributed by atoms with E-state index >= 15 is 0 Å². The molecule has 9 aromatic rings. The molecule has 13 rings (SSSR count). The van der Waals surface area contributed by atoms with Gasteiger partial charge < -0.3 is 9.80 Å². The highest BCUT2D eigenvalue weighted by Crippen LogP contribution is 2.46. The normalized spacial score (nSPS) is 13.6. The largest absolute Gasteiger partial charge is 0.311 e. The van der Waals surface area contributed by atoms with Crippen molar-refractivity contribution in [2.75, 3.05) is 19.6 Å². The van der Waals surface area contributed by atoms with Gasteiger partial charge in [-0.1, -0.05) is 121 Å². The predicted octanol–water partition coefficient (Wildman–Crippen LogP) is 8.51. The van der Waals surface area contributed by atoms with Gasteiger partial charge in [-0.25, -0.2) is 9.97 Å².